The lowest BCUT2D eigenvalue weighted by molar-refractivity contribution is 0.200. The summed E-state index contributed by atoms with van der Waals surface area (Å²) in [6.07, 6.45) is 5.44. The summed E-state index contributed by atoms with van der Waals surface area (Å²) < 4.78 is 5.05. The molecule has 0 saturated carbocycles. The third-order valence-corrected chi connectivity index (χ3v) is 2.87. The molecule has 0 aliphatic rings. The van der Waals surface area contributed by atoms with Crippen LogP contribution in [0.4, 0.5) is 5.82 Å². The van der Waals surface area contributed by atoms with Crippen LogP contribution in [0.2, 0.25) is 0 Å². The first kappa shape index (κ1) is 15.9. The first-order chi connectivity index (χ1) is 9.26. The number of aryl methyl sites for hydroxylation is 1. The molecule has 3 N–H and O–H groups in total. The maximum atomic E-state index is 5.46. The molecule has 1 rings (SSSR count). The number of methoxy groups -OCH3 is 1. The zero-order valence-electron chi connectivity index (χ0n) is 12.1. The van der Waals surface area contributed by atoms with Gasteiger partial charge in [-0.05, 0) is 26.3 Å². The molecule has 0 aliphatic carbocycles. The van der Waals surface area contributed by atoms with Crippen LogP contribution in [0.15, 0.2) is 6.07 Å². The molecule has 0 atom stereocenters. The summed E-state index contributed by atoms with van der Waals surface area (Å²) in [5.41, 5.74) is 6.46. The van der Waals surface area contributed by atoms with E-state index in [4.69, 9.17) is 10.5 Å². The van der Waals surface area contributed by atoms with E-state index in [2.05, 4.69) is 15.3 Å². The minimum absolute atomic E-state index is 0.655. The van der Waals surface area contributed by atoms with Gasteiger partial charge in [-0.1, -0.05) is 12.8 Å². The van der Waals surface area contributed by atoms with Crippen molar-refractivity contribution in [2.45, 2.75) is 39.0 Å². The van der Waals surface area contributed by atoms with Gasteiger partial charge < -0.3 is 15.8 Å². The van der Waals surface area contributed by atoms with Crippen LogP contribution in [0.3, 0.4) is 0 Å². The van der Waals surface area contributed by atoms with Crippen LogP contribution in [-0.4, -0.2) is 36.8 Å². The third-order valence-electron chi connectivity index (χ3n) is 2.87. The lowest BCUT2D eigenvalue weighted by Gasteiger charge is -2.08. The summed E-state index contributed by atoms with van der Waals surface area (Å²) in [6, 6.07) is 1.98. The molecule has 1 aromatic rings. The molecule has 0 amide bonds. The maximum Gasteiger partial charge on any atom is 0.133 e. The Morgan fingerprint density at radius 2 is 2.00 bits per heavy atom. The van der Waals surface area contributed by atoms with Crippen LogP contribution in [0.5, 0.6) is 0 Å². The van der Waals surface area contributed by atoms with Gasteiger partial charge in [0.25, 0.3) is 0 Å². The molecule has 0 radical (unpaired) electrons. The van der Waals surface area contributed by atoms with Crippen molar-refractivity contribution in [1.82, 2.24) is 9.97 Å². The molecule has 0 aromatic carbocycles. The molecular weight excluding hydrogens is 240 g/mol. The van der Waals surface area contributed by atoms with Crippen molar-refractivity contribution in [3.63, 3.8) is 0 Å². The third kappa shape index (κ3) is 7.08. The SMILES string of the molecule is COCCc1nc(C)cc(NCCCCCCN)n1. The molecule has 108 valence electrons. The largest absolute Gasteiger partial charge is 0.384 e. The molecule has 0 saturated heterocycles. The zero-order chi connectivity index (χ0) is 13.9. The first-order valence-corrected chi connectivity index (χ1v) is 7.03. The average Bonchev–Trinajstić information content (AvgIpc) is 2.40. The number of rotatable bonds is 10. The van der Waals surface area contributed by atoms with E-state index in [9.17, 15) is 0 Å². The van der Waals surface area contributed by atoms with Gasteiger partial charge in [-0.15, -0.1) is 0 Å². The number of nitrogens with two attached hydrogens (primary N) is 1. The predicted molar refractivity (Wildman–Crippen MR) is 78.4 cm³/mol. The van der Waals surface area contributed by atoms with E-state index in [-0.39, 0.29) is 0 Å². The van der Waals surface area contributed by atoms with Gasteiger partial charge in [0, 0.05) is 31.8 Å². The van der Waals surface area contributed by atoms with Crippen LogP contribution >= 0.6 is 0 Å². The van der Waals surface area contributed by atoms with Crippen LogP contribution in [0.25, 0.3) is 0 Å². The number of unbranched alkanes of at least 4 members (excludes halogenated alkanes) is 3. The fourth-order valence-corrected chi connectivity index (χ4v) is 1.87. The first-order valence-electron chi connectivity index (χ1n) is 7.03. The highest BCUT2D eigenvalue weighted by Gasteiger charge is 2.02. The van der Waals surface area contributed by atoms with Crippen molar-refractivity contribution in [1.29, 1.82) is 0 Å². The van der Waals surface area contributed by atoms with Crippen LogP contribution in [-0.2, 0) is 11.2 Å². The Morgan fingerprint density at radius 3 is 2.74 bits per heavy atom. The summed E-state index contributed by atoms with van der Waals surface area (Å²) in [5, 5.41) is 3.36. The van der Waals surface area contributed by atoms with Gasteiger partial charge in [-0.3, -0.25) is 0 Å². The number of ether oxygens (including phenoxy) is 1. The molecule has 0 aliphatic heterocycles. The highest BCUT2D eigenvalue weighted by molar-refractivity contribution is 5.35. The minimum Gasteiger partial charge on any atom is -0.384 e. The molecule has 1 heterocycles. The predicted octanol–water partition coefficient (Wildman–Crippen LogP) is 1.90. The molecular formula is C14H26N4O. The second kappa shape index (κ2) is 9.69. The Hall–Kier alpha value is -1.20. The summed E-state index contributed by atoms with van der Waals surface area (Å²) in [5.74, 6) is 1.75. The molecule has 19 heavy (non-hydrogen) atoms. The summed E-state index contributed by atoms with van der Waals surface area (Å²) in [4.78, 5) is 8.88. The smallest absolute Gasteiger partial charge is 0.133 e. The van der Waals surface area contributed by atoms with Crippen molar-refractivity contribution in [2.75, 3.05) is 32.1 Å². The number of hydrogen-bond acceptors (Lipinski definition) is 5. The van der Waals surface area contributed by atoms with Gasteiger partial charge >= 0.3 is 0 Å². The Bertz CT molecular complexity index is 357. The monoisotopic (exact) mass is 266 g/mol. The lowest BCUT2D eigenvalue weighted by atomic mass is 10.2. The molecule has 1 aromatic heterocycles. The van der Waals surface area contributed by atoms with Crippen molar-refractivity contribution >= 4 is 5.82 Å². The number of aromatic nitrogens is 2. The van der Waals surface area contributed by atoms with Crippen LogP contribution < -0.4 is 11.1 Å². The number of anilines is 1. The molecule has 5 heteroatoms. The molecule has 5 nitrogen and oxygen atoms in total. The van der Waals surface area contributed by atoms with Crippen molar-refractivity contribution in [3.05, 3.63) is 17.6 Å². The van der Waals surface area contributed by atoms with E-state index in [1.165, 1.54) is 12.8 Å². The van der Waals surface area contributed by atoms with E-state index >= 15 is 0 Å². The summed E-state index contributed by atoms with van der Waals surface area (Å²) >= 11 is 0. The molecule has 0 bridgehead atoms. The highest BCUT2D eigenvalue weighted by Crippen LogP contribution is 2.08. The average molecular weight is 266 g/mol. The highest BCUT2D eigenvalue weighted by atomic mass is 16.5. The van der Waals surface area contributed by atoms with E-state index in [0.717, 1.165) is 49.7 Å². The fourth-order valence-electron chi connectivity index (χ4n) is 1.87. The molecule has 0 fully saturated rings. The van der Waals surface area contributed by atoms with Crippen molar-refractivity contribution in [3.8, 4) is 0 Å². The second-order valence-corrected chi connectivity index (χ2v) is 4.68. The Kier molecular flexibility index (Phi) is 8.09. The quantitative estimate of drug-likeness (QED) is 0.633. The molecule has 0 unspecified atom stereocenters. The lowest BCUT2D eigenvalue weighted by Crippen LogP contribution is -2.08. The number of hydrogen-bond donors (Lipinski definition) is 2. The fraction of sp³-hybridized carbons (Fsp3) is 0.714. The van der Waals surface area contributed by atoms with E-state index in [0.29, 0.717) is 6.61 Å². The van der Waals surface area contributed by atoms with Crippen LogP contribution in [0, 0.1) is 6.92 Å². The Morgan fingerprint density at radius 1 is 1.21 bits per heavy atom. The topological polar surface area (TPSA) is 73.1 Å². The van der Waals surface area contributed by atoms with Gasteiger partial charge in [-0.2, -0.15) is 0 Å². The van der Waals surface area contributed by atoms with Gasteiger partial charge in [0.05, 0.1) is 6.61 Å². The van der Waals surface area contributed by atoms with Gasteiger partial charge in [-0.25, -0.2) is 9.97 Å². The number of nitrogens with one attached hydrogen (secondary N) is 1. The second-order valence-electron chi connectivity index (χ2n) is 4.68. The van der Waals surface area contributed by atoms with Gasteiger partial charge in [0.2, 0.25) is 0 Å². The van der Waals surface area contributed by atoms with E-state index in [1.54, 1.807) is 7.11 Å². The van der Waals surface area contributed by atoms with Crippen molar-refractivity contribution in [2.24, 2.45) is 5.73 Å². The van der Waals surface area contributed by atoms with Gasteiger partial charge in [0.15, 0.2) is 0 Å². The van der Waals surface area contributed by atoms with Gasteiger partial charge in [0.1, 0.15) is 11.6 Å². The van der Waals surface area contributed by atoms with E-state index < -0.39 is 0 Å². The molecule has 0 spiro atoms. The normalized spacial score (nSPS) is 10.7. The van der Waals surface area contributed by atoms with Crippen LogP contribution in [0.1, 0.15) is 37.2 Å². The number of nitrogens with zero attached hydrogens (tertiary/aromatic N) is 2. The standard InChI is InChI=1S/C14H26N4O/c1-12-11-14(16-9-6-4-3-5-8-15)18-13(17-12)7-10-19-2/h11H,3-10,15H2,1-2H3,(H,16,17,18). The zero-order valence-corrected chi connectivity index (χ0v) is 12.1. The Balaban J connectivity index is 2.34. The summed E-state index contributed by atoms with van der Waals surface area (Å²) in [6.45, 7) is 4.39. The maximum absolute atomic E-state index is 5.46. The Labute approximate surface area is 116 Å². The van der Waals surface area contributed by atoms with Crippen molar-refractivity contribution < 1.29 is 4.74 Å². The van der Waals surface area contributed by atoms with E-state index in [1.807, 2.05) is 13.0 Å². The summed E-state index contributed by atoms with van der Waals surface area (Å²) in [7, 11) is 1.69. The minimum atomic E-state index is 0.655.